The van der Waals surface area contributed by atoms with E-state index in [4.69, 9.17) is 16.0 Å². The number of halogens is 1. The predicted molar refractivity (Wildman–Crippen MR) is 67.2 cm³/mol. The molecule has 0 saturated carbocycles. The summed E-state index contributed by atoms with van der Waals surface area (Å²) in [4.78, 5) is 4.02. The zero-order chi connectivity index (χ0) is 11.2. The van der Waals surface area contributed by atoms with E-state index in [0.717, 1.165) is 23.0 Å². The van der Waals surface area contributed by atoms with Gasteiger partial charge in [0, 0.05) is 12.3 Å². The van der Waals surface area contributed by atoms with Gasteiger partial charge < -0.3 is 9.73 Å². The molecule has 1 heterocycles. The van der Waals surface area contributed by atoms with Crippen LogP contribution in [0.25, 0.3) is 0 Å². The van der Waals surface area contributed by atoms with Crippen molar-refractivity contribution in [1.82, 2.24) is 4.98 Å². The van der Waals surface area contributed by atoms with E-state index in [2.05, 4.69) is 10.3 Å². The first-order valence-electron chi connectivity index (χ1n) is 4.87. The van der Waals surface area contributed by atoms with Crippen LogP contribution in [-0.4, -0.2) is 17.3 Å². The zero-order valence-electron chi connectivity index (χ0n) is 8.52. The lowest BCUT2D eigenvalue weighted by molar-refractivity contribution is 0.454. The molecule has 1 N–H and O–H groups in total. The molecule has 0 aliphatic rings. The van der Waals surface area contributed by atoms with Crippen molar-refractivity contribution in [3.63, 3.8) is 0 Å². The Morgan fingerprint density at radius 2 is 2.25 bits per heavy atom. The van der Waals surface area contributed by atoms with Crippen LogP contribution in [0.4, 0.5) is 5.69 Å². The molecular weight excluding hydrogens is 244 g/mol. The summed E-state index contributed by atoms with van der Waals surface area (Å²) in [5.74, 6) is 0.881. The van der Waals surface area contributed by atoms with E-state index in [1.807, 2.05) is 24.3 Å². The van der Waals surface area contributed by atoms with Gasteiger partial charge in [0.2, 0.25) is 0 Å². The smallest absolute Gasteiger partial charge is 0.255 e. The van der Waals surface area contributed by atoms with Crippen LogP contribution in [0.3, 0.4) is 0 Å². The molecule has 0 atom stereocenters. The Labute approximate surface area is 103 Å². The summed E-state index contributed by atoms with van der Waals surface area (Å²) >= 11 is 7.57. The Kier molecular flexibility index (Phi) is 4.13. The lowest BCUT2D eigenvalue weighted by atomic mass is 10.3. The summed E-state index contributed by atoms with van der Waals surface area (Å²) in [7, 11) is 0. The molecule has 0 bridgehead atoms. The number of rotatable bonds is 5. The van der Waals surface area contributed by atoms with E-state index in [1.165, 1.54) is 0 Å². The molecule has 0 spiro atoms. The van der Waals surface area contributed by atoms with E-state index in [1.54, 1.807) is 24.2 Å². The van der Waals surface area contributed by atoms with E-state index in [9.17, 15) is 0 Å². The molecular formula is C11H11ClN2OS. The third-order valence-corrected chi connectivity index (χ3v) is 3.11. The minimum absolute atomic E-state index is 0.695. The number of thioether (sulfide) groups is 1. The number of hydrogen-bond acceptors (Lipinski definition) is 4. The maximum Gasteiger partial charge on any atom is 0.255 e. The first-order valence-corrected chi connectivity index (χ1v) is 6.23. The number of para-hydroxylation sites is 1. The Morgan fingerprint density at radius 1 is 1.38 bits per heavy atom. The van der Waals surface area contributed by atoms with Crippen LogP contribution in [-0.2, 0) is 0 Å². The summed E-state index contributed by atoms with van der Waals surface area (Å²) < 4.78 is 5.11. The molecule has 3 nitrogen and oxygen atoms in total. The molecule has 0 radical (unpaired) electrons. The fourth-order valence-electron chi connectivity index (χ4n) is 1.21. The van der Waals surface area contributed by atoms with Crippen molar-refractivity contribution in [2.24, 2.45) is 0 Å². The topological polar surface area (TPSA) is 38.1 Å². The third-order valence-electron chi connectivity index (χ3n) is 1.93. The number of anilines is 1. The molecule has 0 fully saturated rings. The molecule has 2 aromatic rings. The summed E-state index contributed by atoms with van der Waals surface area (Å²) in [5, 5.41) is 4.69. The van der Waals surface area contributed by atoms with Crippen molar-refractivity contribution < 1.29 is 4.42 Å². The molecule has 0 unspecified atom stereocenters. The predicted octanol–water partition coefficient (Wildman–Crippen LogP) is 3.53. The second kappa shape index (κ2) is 5.82. The van der Waals surface area contributed by atoms with Crippen molar-refractivity contribution in [1.29, 1.82) is 0 Å². The Balaban J connectivity index is 1.74. The van der Waals surface area contributed by atoms with Gasteiger partial charge in [0.25, 0.3) is 5.22 Å². The fraction of sp³-hybridized carbons (Fsp3) is 0.182. The van der Waals surface area contributed by atoms with E-state index < -0.39 is 0 Å². The van der Waals surface area contributed by atoms with Gasteiger partial charge in [0.1, 0.15) is 6.26 Å². The highest BCUT2D eigenvalue weighted by Crippen LogP contribution is 2.21. The number of nitrogens with one attached hydrogen (secondary N) is 1. The van der Waals surface area contributed by atoms with Crippen molar-refractivity contribution >= 4 is 29.1 Å². The molecule has 1 aromatic heterocycles. The summed E-state index contributed by atoms with van der Waals surface area (Å²) in [6, 6.07) is 7.69. The number of hydrogen-bond donors (Lipinski definition) is 1. The second-order valence-corrected chi connectivity index (χ2v) is 4.51. The van der Waals surface area contributed by atoms with Crippen LogP contribution in [0, 0.1) is 0 Å². The monoisotopic (exact) mass is 254 g/mol. The van der Waals surface area contributed by atoms with Crippen LogP contribution in [0.5, 0.6) is 0 Å². The van der Waals surface area contributed by atoms with Crippen LogP contribution >= 0.6 is 23.4 Å². The molecule has 1 aromatic carbocycles. The van der Waals surface area contributed by atoms with Gasteiger partial charge in [-0.1, -0.05) is 35.5 Å². The first kappa shape index (κ1) is 11.4. The largest absolute Gasteiger partial charge is 0.440 e. The van der Waals surface area contributed by atoms with Crippen LogP contribution < -0.4 is 5.32 Å². The van der Waals surface area contributed by atoms with Gasteiger partial charge in [-0.3, -0.25) is 0 Å². The molecule has 5 heteroatoms. The fourth-order valence-corrected chi connectivity index (χ4v) is 2.05. The molecule has 0 aliphatic heterocycles. The first-order chi connectivity index (χ1) is 7.86. The average Bonchev–Trinajstić information content (AvgIpc) is 2.79. The maximum absolute atomic E-state index is 6.00. The number of nitrogens with zero attached hydrogens (tertiary/aromatic N) is 1. The number of oxazole rings is 1. The third kappa shape index (κ3) is 3.18. The van der Waals surface area contributed by atoms with Gasteiger partial charge in [0.05, 0.1) is 16.9 Å². The van der Waals surface area contributed by atoms with Crippen LogP contribution in [0.1, 0.15) is 0 Å². The Hall–Kier alpha value is -1.13. The molecule has 16 heavy (non-hydrogen) atoms. The van der Waals surface area contributed by atoms with Gasteiger partial charge in [-0.2, -0.15) is 0 Å². The van der Waals surface area contributed by atoms with Gasteiger partial charge in [-0.25, -0.2) is 4.98 Å². The molecule has 84 valence electrons. The highest BCUT2D eigenvalue weighted by molar-refractivity contribution is 7.99. The summed E-state index contributed by atoms with van der Waals surface area (Å²) in [5.41, 5.74) is 0.956. The summed E-state index contributed by atoms with van der Waals surface area (Å²) in [6.45, 7) is 0.816. The van der Waals surface area contributed by atoms with Crippen molar-refractivity contribution in [3.05, 3.63) is 41.7 Å². The van der Waals surface area contributed by atoms with Crippen LogP contribution in [0.2, 0.25) is 5.02 Å². The minimum atomic E-state index is 0.695. The van der Waals surface area contributed by atoms with Crippen molar-refractivity contribution in [2.75, 3.05) is 17.6 Å². The van der Waals surface area contributed by atoms with Gasteiger partial charge in [-0.15, -0.1) is 0 Å². The minimum Gasteiger partial charge on any atom is -0.440 e. The lowest BCUT2D eigenvalue weighted by Gasteiger charge is -2.06. The lowest BCUT2D eigenvalue weighted by Crippen LogP contribution is -2.04. The van der Waals surface area contributed by atoms with Gasteiger partial charge >= 0.3 is 0 Å². The molecule has 0 amide bonds. The maximum atomic E-state index is 6.00. The SMILES string of the molecule is Clc1ccccc1NCCSc1ncco1. The number of benzene rings is 1. The standard InChI is InChI=1S/C11H11ClN2OS/c12-9-3-1-2-4-10(9)13-6-8-16-11-14-5-7-15-11/h1-5,7,13H,6,8H2. The van der Waals surface area contributed by atoms with E-state index >= 15 is 0 Å². The van der Waals surface area contributed by atoms with Crippen molar-refractivity contribution in [3.8, 4) is 0 Å². The van der Waals surface area contributed by atoms with Gasteiger partial charge in [-0.05, 0) is 12.1 Å². The van der Waals surface area contributed by atoms with Crippen molar-refractivity contribution in [2.45, 2.75) is 5.22 Å². The normalized spacial score (nSPS) is 10.3. The Bertz CT molecular complexity index is 433. The second-order valence-electron chi connectivity index (χ2n) is 3.05. The van der Waals surface area contributed by atoms with Gasteiger partial charge in [0.15, 0.2) is 0 Å². The molecule has 0 saturated heterocycles. The van der Waals surface area contributed by atoms with Crippen LogP contribution in [0.15, 0.2) is 46.4 Å². The number of aromatic nitrogens is 1. The average molecular weight is 255 g/mol. The zero-order valence-corrected chi connectivity index (χ0v) is 10.1. The quantitative estimate of drug-likeness (QED) is 0.654. The summed E-state index contributed by atoms with van der Waals surface area (Å²) in [6.07, 6.45) is 3.22. The molecule has 0 aliphatic carbocycles. The van der Waals surface area contributed by atoms with E-state index in [-0.39, 0.29) is 0 Å². The highest BCUT2D eigenvalue weighted by atomic mass is 35.5. The molecule has 2 rings (SSSR count). The Morgan fingerprint density at radius 3 is 3.00 bits per heavy atom. The van der Waals surface area contributed by atoms with E-state index in [0.29, 0.717) is 5.22 Å². The highest BCUT2D eigenvalue weighted by Gasteiger charge is 1.99.